The van der Waals surface area contributed by atoms with Crippen LogP contribution in [0.15, 0.2) is 83.3 Å². The van der Waals surface area contributed by atoms with Crippen molar-refractivity contribution in [2.45, 2.75) is 64.1 Å². The van der Waals surface area contributed by atoms with E-state index in [2.05, 4.69) is 21.2 Å². The zero-order chi connectivity index (χ0) is 29.4. The molecule has 218 valence electrons. The molecule has 0 aliphatic heterocycles. The first-order valence-electron chi connectivity index (χ1n) is 14.0. The summed E-state index contributed by atoms with van der Waals surface area (Å²) < 4.78 is 27.6. The average molecular weight is 641 g/mol. The van der Waals surface area contributed by atoms with Gasteiger partial charge in [0.2, 0.25) is 21.8 Å². The summed E-state index contributed by atoms with van der Waals surface area (Å²) in [5, 5.41) is 3.22. The van der Waals surface area contributed by atoms with Crippen LogP contribution in [0.2, 0.25) is 0 Å². The molecule has 4 rings (SSSR count). The van der Waals surface area contributed by atoms with Gasteiger partial charge in [0.25, 0.3) is 0 Å². The second-order valence-corrected chi connectivity index (χ2v) is 13.6. The Bertz CT molecular complexity index is 1420. The van der Waals surface area contributed by atoms with Gasteiger partial charge in [0.15, 0.2) is 0 Å². The van der Waals surface area contributed by atoms with Crippen LogP contribution in [0.1, 0.15) is 48.8 Å². The Morgan fingerprint density at radius 3 is 2.24 bits per heavy atom. The number of hydrogen-bond donors (Lipinski definition) is 1. The molecule has 7 nitrogen and oxygen atoms in total. The Labute approximate surface area is 252 Å². The van der Waals surface area contributed by atoms with E-state index in [9.17, 15) is 18.0 Å². The number of aryl methyl sites for hydroxylation is 1. The Morgan fingerprint density at radius 1 is 0.927 bits per heavy atom. The molecule has 1 atom stereocenters. The van der Waals surface area contributed by atoms with Gasteiger partial charge in [-0.2, -0.15) is 0 Å². The number of amides is 2. The van der Waals surface area contributed by atoms with Crippen molar-refractivity contribution in [2.24, 2.45) is 0 Å². The number of halogens is 1. The van der Waals surface area contributed by atoms with Crippen LogP contribution in [0.25, 0.3) is 0 Å². The van der Waals surface area contributed by atoms with Crippen molar-refractivity contribution >= 4 is 43.5 Å². The molecule has 1 aliphatic carbocycles. The van der Waals surface area contributed by atoms with Gasteiger partial charge in [0, 0.05) is 23.5 Å². The van der Waals surface area contributed by atoms with Gasteiger partial charge in [0.1, 0.15) is 12.6 Å². The lowest BCUT2D eigenvalue weighted by Crippen LogP contribution is -2.55. The van der Waals surface area contributed by atoms with E-state index < -0.39 is 28.5 Å². The molecule has 0 saturated heterocycles. The van der Waals surface area contributed by atoms with Gasteiger partial charge in [-0.3, -0.25) is 13.9 Å². The summed E-state index contributed by atoms with van der Waals surface area (Å²) in [7, 11) is -3.80. The SMILES string of the molecule is Cc1ccc(CN(C(=O)CN(c2cccc(Br)c2)S(C)(=O)=O)[C@H](Cc2ccccc2)C(=O)NC2CCCCC2)cc1. The van der Waals surface area contributed by atoms with Crippen molar-refractivity contribution < 1.29 is 18.0 Å². The number of carbonyl (C=O) groups is 2. The minimum absolute atomic E-state index is 0.0695. The lowest BCUT2D eigenvalue weighted by molar-refractivity contribution is -0.140. The molecule has 3 aromatic carbocycles. The number of sulfonamides is 1. The van der Waals surface area contributed by atoms with Gasteiger partial charge in [-0.15, -0.1) is 0 Å². The van der Waals surface area contributed by atoms with Crippen molar-refractivity contribution in [3.05, 3.63) is 100 Å². The van der Waals surface area contributed by atoms with E-state index in [4.69, 9.17) is 0 Å². The number of hydrogen-bond acceptors (Lipinski definition) is 4. The molecule has 1 aliphatic rings. The first-order chi connectivity index (χ1) is 19.6. The predicted octanol–water partition coefficient (Wildman–Crippen LogP) is 5.61. The molecule has 1 N–H and O–H groups in total. The molecule has 0 heterocycles. The smallest absolute Gasteiger partial charge is 0.244 e. The highest BCUT2D eigenvalue weighted by atomic mass is 79.9. The van der Waals surface area contributed by atoms with Gasteiger partial charge in [-0.25, -0.2) is 8.42 Å². The Balaban J connectivity index is 1.71. The molecule has 1 saturated carbocycles. The largest absolute Gasteiger partial charge is 0.352 e. The van der Waals surface area contributed by atoms with E-state index in [1.165, 1.54) is 0 Å². The normalized spacial score (nSPS) is 14.7. The lowest BCUT2D eigenvalue weighted by atomic mass is 9.94. The van der Waals surface area contributed by atoms with Crippen molar-refractivity contribution in [3.63, 3.8) is 0 Å². The topological polar surface area (TPSA) is 86.8 Å². The van der Waals surface area contributed by atoms with Crippen LogP contribution in [0.5, 0.6) is 0 Å². The summed E-state index contributed by atoms with van der Waals surface area (Å²) in [5.41, 5.74) is 3.24. The molecule has 0 radical (unpaired) electrons. The van der Waals surface area contributed by atoms with E-state index in [0.29, 0.717) is 16.6 Å². The van der Waals surface area contributed by atoms with Crippen LogP contribution in [0, 0.1) is 6.92 Å². The molecule has 0 bridgehead atoms. The molecule has 0 spiro atoms. The van der Waals surface area contributed by atoms with Crippen LogP contribution in [0.3, 0.4) is 0 Å². The fourth-order valence-corrected chi connectivity index (χ4v) is 6.46. The molecular formula is C32H38BrN3O4S. The Kier molecular flexibility index (Phi) is 10.6. The standard InChI is InChI=1S/C32H38BrN3O4S/c1-24-16-18-26(19-17-24)22-35(31(37)23-36(41(2,39)40)29-15-9-12-27(33)21-29)30(20-25-10-5-3-6-11-25)32(38)34-28-13-7-4-8-14-28/h3,5-6,9-12,15-19,21,28,30H,4,7-8,13-14,20,22-23H2,1-2H3,(H,34,38)/t30-/m1/s1. The quantitative estimate of drug-likeness (QED) is 0.295. The van der Waals surface area contributed by atoms with E-state index in [1.54, 1.807) is 29.2 Å². The number of benzene rings is 3. The second-order valence-electron chi connectivity index (χ2n) is 10.8. The fourth-order valence-electron chi connectivity index (χ4n) is 5.23. The average Bonchev–Trinajstić information content (AvgIpc) is 2.95. The molecule has 2 amide bonds. The minimum Gasteiger partial charge on any atom is -0.352 e. The molecule has 0 aromatic heterocycles. The van der Waals surface area contributed by atoms with Crippen molar-refractivity contribution in [1.29, 1.82) is 0 Å². The van der Waals surface area contributed by atoms with E-state index in [-0.39, 0.29) is 18.5 Å². The van der Waals surface area contributed by atoms with E-state index in [0.717, 1.165) is 59.4 Å². The summed E-state index contributed by atoms with van der Waals surface area (Å²) >= 11 is 3.40. The van der Waals surface area contributed by atoms with Gasteiger partial charge in [0.05, 0.1) is 11.9 Å². The number of carbonyl (C=O) groups excluding carboxylic acids is 2. The summed E-state index contributed by atoms with van der Waals surface area (Å²) in [6, 6.07) is 23.5. The van der Waals surface area contributed by atoms with Crippen LogP contribution in [-0.4, -0.2) is 50.0 Å². The summed E-state index contributed by atoms with van der Waals surface area (Å²) in [5.74, 6) is -0.662. The maximum Gasteiger partial charge on any atom is 0.244 e. The maximum atomic E-state index is 14.2. The Hall–Kier alpha value is -3.17. The van der Waals surface area contributed by atoms with E-state index in [1.807, 2.05) is 61.5 Å². The van der Waals surface area contributed by atoms with Gasteiger partial charge < -0.3 is 10.2 Å². The first kappa shape index (κ1) is 30.8. The van der Waals surface area contributed by atoms with Crippen LogP contribution in [-0.2, 0) is 32.6 Å². The van der Waals surface area contributed by atoms with Crippen LogP contribution >= 0.6 is 15.9 Å². The lowest BCUT2D eigenvalue weighted by Gasteiger charge is -2.35. The molecule has 1 fully saturated rings. The highest BCUT2D eigenvalue weighted by Crippen LogP contribution is 2.24. The fraction of sp³-hybridized carbons (Fsp3) is 0.375. The molecule has 0 unspecified atom stereocenters. The highest BCUT2D eigenvalue weighted by Gasteiger charge is 2.34. The summed E-state index contributed by atoms with van der Waals surface area (Å²) in [4.78, 5) is 29.7. The molecule has 9 heteroatoms. The van der Waals surface area contributed by atoms with Crippen LogP contribution < -0.4 is 9.62 Å². The van der Waals surface area contributed by atoms with Crippen LogP contribution in [0.4, 0.5) is 5.69 Å². The van der Waals surface area contributed by atoms with E-state index >= 15 is 0 Å². The van der Waals surface area contributed by atoms with Crippen molar-refractivity contribution in [1.82, 2.24) is 10.2 Å². The third-order valence-electron chi connectivity index (χ3n) is 7.47. The maximum absolute atomic E-state index is 14.2. The number of nitrogens with one attached hydrogen (secondary N) is 1. The number of anilines is 1. The second kappa shape index (κ2) is 14.1. The molecule has 3 aromatic rings. The Morgan fingerprint density at radius 2 is 1.61 bits per heavy atom. The first-order valence-corrected chi connectivity index (χ1v) is 16.7. The number of rotatable bonds is 11. The van der Waals surface area contributed by atoms with Gasteiger partial charge in [-0.1, -0.05) is 101 Å². The van der Waals surface area contributed by atoms with Gasteiger partial charge in [-0.05, 0) is 49.1 Å². The zero-order valence-electron chi connectivity index (χ0n) is 23.6. The van der Waals surface area contributed by atoms with Crippen molar-refractivity contribution in [3.8, 4) is 0 Å². The summed E-state index contributed by atoms with van der Waals surface area (Å²) in [6.45, 7) is 1.73. The highest BCUT2D eigenvalue weighted by molar-refractivity contribution is 9.10. The number of nitrogens with zero attached hydrogens (tertiary/aromatic N) is 2. The zero-order valence-corrected chi connectivity index (χ0v) is 26.0. The van der Waals surface area contributed by atoms with Crippen molar-refractivity contribution in [2.75, 3.05) is 17.1 Å². The molecular weight excluding hydrogens is 602 g/mol. The summed E-state index contributed by atoms with van der Waals surface area (Å²) in [6.07, 6.45) is 6.53. The molecule has 41 heavy (non-hydrogen) atoms. The third-order valence-corrected chi connectivity index (χ3v) is 9.11. The third kappa shape index (κ3) is 8.91. The predicted molar refractivity (Wildman–Crippen MR) is 167 cm³/mol. The monoisotopic (exact) mass is 639 g/mol. The van der Waals surface area contributed by atoms with Gasteiger partial charge >= 0.3 is 0 Å². The minimum atomic E-state index is -3.80.